The van der Waals surface area contributed by atoms with Crippen LogP contribution in [0.3, 0.4) is 0 Å². The molecule has 117 valence electrons. The maximum Gasteiger partial charge on any atom is 3.00 e. The van der Waals surface area contributed by atoms with Crippen LogP contribution in [-0.4, -0.2) is 42.8 Å². The van der Waals surface area contributed by atoms with E-state index in [-0.39, 0.29) is 39.8 Å². The summed E-state index contributed by atoms with van der Waals surface area (Å²) in [4.78, 5) is 36.7. The number of para-hydroxylation sites is 1. The number of benzene rings is 1. The fraction of sp³-hybridized carbons (Fsp3) is 0.154. The summed E-state index contributed by atoms with van der Waals surface area (Å²) in [6, 6.07) is 5.98. The van der Waals surface area contributed by atoms with Crippen molar-refractivity contribution in [2.45, 2.75) is 6.92 Å². The van der Waals surface area contributed by atoms with Crippen LogP contribution in [0.15, 0.2) is 24.3 Å². The normalized spacial score (nSPS) is 6.43. The number of aliphatic hydroxyl groups is 1. The van der Waals surface area contributed by atoms with Gasteiger partial charge in [0.2, 0.25) is 0 Å². The zero-order chi connectivity index (χ0) is 15.8. The molecule has 0 amide bonds. The van der Waals surface area contributed by atoms with Gasteiger partial charge in [-0.3, -0.25) is 18.4 Å². The Labute approximate surface area is 138 Å². The number of carboxylic acid groups (broad SMARTS) is 1. The molecular weight excluding hydrogens is 364 g/mol. The van der Waals surface area contributed by atoms with Gasteiger partial charge in [-0.1, -0.05) is 12.1 Å². The molecule has 0 aliphatic rings. The van der Waals surface area contributed by atoms with Crippen molar-refractivity contribution in [1.82, 2.24) is 0 Å². The molecule has 0 bridgehead atoms. The second kappa shape index (κ2) is 23.3. The molecule has 0 heterocycles. The number of aliphatic hydroxyl groups excluding tert-OH is 1. The molecule has 1 radical (unpaired) electrons. The Morgan fingerprint density at radius 1 is 1.05 bits per heavy atom. The van der Waals surface area contributed by atoms with Gasteiger partial charge in [0, 0.05) is 14.0 Å². The van der Waals surface area contributed by atoms with Crippen molar-refractivity contribution in [3.63, 3.8) is 0 Å². The Balaban J connectivity index is -0.0000000951. The number of hydrogen-bond donors (Lipinski definition) is 2. The quantitative estimate of drug-likeness (QED) is 0.256. The van der Waals surface area contributed by atoms with Crippen LogP contribution in [0, 0.1) is 7.43 Å². The van der Waals surface area contributed by atoms with Crippen molar-refractivity contribution in [2.24, 2.45) is 0 Å². The Bertz CT molecular complexity index is 381. The number of carboxylic acids is 1. The zero-order valence-corrected chi connectivity index (χ0v) is 13.8. The van der Waals surface area contributed by atoms with Gasteiger partial charge in [-0.15, -0.1) is 0 Å². The number of rotatable bonds is 2. The third-order valence-corrected chi connectivity index (χ3v) is 1.37. The van der Waals surface area contributed by atoms with E-state index in [1.165, 1.54) is 19.1 Å². The van der Waals surface area contributed by atoms with Gasteiger partial charge in [-0.2, -0.15) is 0 Å². The summed E-state index contributed by atoms with van der Waals surface area (Å²) in [6.07, 6.45) is 0. The molecule has 0 fully saturated rings. The average Bonchev–Trinajstić information content (AvgIpc) is 2.45. The molecule has 0 saturated heterocycles. The van der Waals surface area contributed by atoms with Crippen LogP contribution in [-0.2, 0) is 35.4 Å². The van der Waals surface area contributed by atoms with E-state index in [9.17, 15) is 9.59 Å². The van der Waals surface area contributed by atoms with E-state index >= 15 is 0 Å². The maximum absolute atomic E-state index is 10.6. The maximum atomic E-state index is 10.6. The molecule has 1 rings (SSSR count). The molecule has 0 atom stereocenters. The number of esters is 1. The van der Waals surface area contributed by atoms with Crippen molar-refractivity contribution < 1.29 is 55.2 Å². The Morgan fingerprint density at radius 2 is 1.43 bits per heavy atom. The summed E-state index contributed by atoms with van der Waals surface area (Å²) in [5.74, 6) is -1.58. The van der Waals surface area contributed by atoms with Crippen LogP contribution in [0.25, 0.3) is 0 Å². The van der Waals surface area contributed by atoms with Gasteiger partial charge in [-0.05, 0) is 12.1 Å². The Kier molecular flexibility index (Phi) is 34.9. The minimum Gasteiger partial charge on any atom is -0.545 e. The Morgan fingerprint density at radius 3 is 1.76 bits per heavy atom. The molecule has 0 aliphatic heterocycles. The van der Waals surface area contributed by atoms with Crippen LogP contribution in [0.4, 0.5) is 0 Å². The van der Waals surface area contributed by atoms with E-state index in [1.54, 1.807) is 12.1 Å². The first-order chi connectivity index (χ1) is 9.11. The van der Waals surface area contributed by atoms with Crippen molar-refractivity contribution in [1.29, 1.82) is 0 Å². The fourth-order valence-electron chi connectivity index (χ4n) is 0.887. The van der Waals surface area contributed by atoms with Crippen LogP contribution < -0.4 is 4.74 Å². The minimum atomic E-state index is -1.11. The zero-order valence-electron chi connectivity index (χ0n) is 11.8. The van der Waals surface area contributed by atoms with Crippen molar-refractivity contribution >= 4 is 25.5 Å². The van der Waals surface area contributed by atoms with E-state index in [0.717, 1.165) is 7.11 Å². The fourth-order valence-corrected chi connectivity index (χ4v) is 0.887. The third-order valence-electron chi connectivity index (χ3n) is 1.37. The van der Waals surface area contributed by atoms with Crippen LogP contribution in [0.2, 0.25) is 0 Å². The summed E-state index contributed by atoms with van der Waals surface area (Å²) in [6.45, 7) is 7.72. The van der Waals surface area contributed by atoms with Crippen molar-refractivity contribution in [3.8, 4) is 5.75 Å². The molecule has 0 spiro atoms. The predicted octanol–water partition coefficient (Wildman–Crippen LogP) is 0.818. The van der Waals surface area contributed by atoms with Gasteiger partial charge < -0.3 is 32.0 Å². The summed E-state index contributed by atoms with van der Waals surface area (Å²) in [5, 5.41) is 15.7. The Hall–Kier alpha value is -1.85. The van der Waals surface area contributed by atoms with Crippen LogP contribution in [0.5, 0.6) is 5.75 Å². The first kappa shape index (κ1) is 31.5. The molecule has 2 N–H and O–H groups in total. The van der Waals surface area contributed by atoms with Gasteiger partial charge >= 0.3 is 33.0 Å². The number of carbonyl (C=O) groups excluding carboxylic acids is 3. The monoisotopic (exact) mass is 383 g/mol. The second-order valence-electron chi connectivity index (χ2n) is 2.39. The van der Waals surface area contributed by atoms with Gasteiger partial charge in [0.25, 0.3) is 0 Å². The summed E-state index contributed by atoms with van der Waals surface area (Å²) < 4.78 is 4.69. The smallest absolute Gasteiger partial charge is 0.545 e. The topological polar surface area (TPSA) is 118 Å². The molecule has 1 aromatic rings. The number of aromatic carboxylic acids is 1. The number of hydrogen-bond acceptors (Lipinski definition) is 6. The van der Waals surface area contributed by atoms with E-state index in [2.05, 4.69) is 18.3 Å². The van der Waals surface area contributed by atoms with E-state index in [1.807, 2.05) is 0 Å². The van der Waals surface area contributed by atoms with Crippen molar-refractivity contribution in [2.75, 3.05) is 7.11 Å². The first-order valence-corrected chi connectivity index (χ1v) is 4.54. The average molecular weight is 381 g/mol. The van der Waals surface area contributed by atoms with Gasteiger partial charge in [-0.25, -0.2) is 4.79 Å². The van der Waals surface area contributed by atoms with Crippen LogP contribution in [0.1, 0.15) is 17.3 Å². The standard InChI is InChI=1S/C9H8O4.CH4O.2CHO.CH3.Mo/c1-6(10)13-8-5-3-2-4-7(8)9(11)12;3*1-2;;/h2-5H,1H3,(H,11,12);2H,1H3;2*1H;1H3;/q;;3*-1;+3. The SMILES string of the molecule is CC(=O)Oc1ccccc1C(=O)O.CO.[CH-]=O.[CH-]=O.[CH3-].[Mo+3]. The summed E-state index contributed by atoms with van der Waals surface area (Å²) in [7, 11) is 1.00. The predicted molar refractivity (Wildman–Crippen MR) is 72.8 cm³/mol. The van der Waals surface area contributed by atoms with E-state index in [0.29, 0.717) is 0 Å². The second-order valence-corrected chi connectivity index (χ2v) is 2.39. The largest absolute Gasteiger partial charge is 3.00 e. The summed E-state index contributed by atoms with van der Waals surface area (Å²) >= 11 is 0. The van der Waals surface area contributed by atoms with Crippen molar-refractivity contribution in [3.05, 3.63) is 37.3 Å². The molecule has 1 aromatic carbocycles. The molecule has 0 aliphatic carbocycles. The van der Waals surface area contributed by atoms with Gasteiger partial charge in [0.05, 0.1) is 0 Å². The van der Waals surface area contributed by atoms with E-state index < -0.39 is 11.9 Å². The molecule has 0 unspecified atom stereocenters. The molecule has 0 saturated carbocycles. The van der Waals surface area contributed by atoms with Gasteiger partial charge in [0.1, 0.15) is 11.3 Å². The van der Waals surface area contributed by atoms with E-state index in [4.69, 9.17) is 19.8 Å². The molecule has 7 nitrogen and oxygen atoms in total. The third kappa shape index (κ3) is 16.1. The summed E-state index contributed by atoms with van der Waals surface area (Å²) in [5.41, 5.74) is -0.0160. The minimum absolute atomic E-state index is 0. The van der Waals surface area contributed by atoms with Crippen LogP contribution >= 0.6 is 0 Å². The molecule has 21 heavy (non-hydrogen) atoms. The number of carbonyl (C=O) groups is 2. The molecule has 0 aromatic heterocycles. The molecular formula is C13H17MoO7. The molecule has 8 heteroatoms. The first-order valence-electron chi connectivity index (χ1n) is 4.54. The number of ether oxygens (including phenoxy) is 1. The van der Waals surface area contributed by atoms with Gasteiger partial charge in [0.15, 0.2) is 0 Å².